The Balaban J connectivity index is 3.15. The van der Waals surface area contributed by atoms with E-state index in [2.05, 4.69) is 23.7 Å². The van der Waals surface area contributed by atoms with Crippen molar-refractivity contribution in [3.05, 3.63) is 11.9 Å². The third-order valence-corrected chi connectivity index (χ3v) is 4.70. The molecule has 122 valence electrons. The minimum absolute atomic E-state index is 0.130. The van der Waals surface area contributed by atoms with Crippen molar-refractivity contribution >= 4 is 10.0 Å². The molecule has 1 N–H and O–H groups in total. The SMILES string of the molecule is CC(C)CCNS(=O)(=O)c1cn(C(C)C)nc1C(C)(C)C. The minimum atomic E-state index is -3.52. The van der Waals surface area contributed by atoms with Crippen LogP contribution in [0.1, 0.15) is 66.6 Å². The highest BCUT2D eigenvalue weighted by atomic mass is 32.2. The fourth-order valence-electron chi connectivity index (χ4n) is 1.92. The summed E-state index contributed by atoms with van der Waals surface area (Å²) in [7, 11) is -3.52. The molecule has 0 unspecified atom stereocenters. The molecule has 0 atom stereocenters. The van der Waals surface area contributed by atoms with Crippen molar-refractivity contribution in [2.75, 3.05) is 6.54 Å². The van der Waals surface area contributed by atoms with Gasteiger partial charge in [-0.2, -0.15) is 5.10 Å². The maximum absolute atomic E-state index is 12.6. The van der Waals surface area contributed by atoms with Crippen molar-refractivity contribution in [3.8, 4) is 0 Å². The topological polar surface area (TPSA) is 64.0 Å². The van der Waals surface area contributed by atoms with Crippen LogP contribution in [0.2, 0.25) is 0 Å². The first-order valence-electron chi connectivity index (χ1n) is 7.54. The van der Waals surface area contributed by atoms with Gasteiger partial charge in [-0.05, 0) is 26.2 Å². The number of sulfonamides is 1. The Bertz CT molecular complexity index is 566. The summed E-state index contributed by atoms with van der Waals surface area (Å²) < 4.78 is 29.5. The van der Waals surface area contributed by atoms with E-state index in [1.807, 2.05) is 34.6 Å². The molecule has 1 aromatic heterocycles. The molecule has 0 radical (unpaired) electrons. The molecule has 0 aromatic carbocycles. The van der Waals surface area contributed by atoms with Crippen LogP contribution >= 0.6 is 0 Å². The lowest BCUT2D eigenvalue weighted by atomic mass is 9.92. The zero-order chi connectivity index (χ0) is 16.4. The van der Waals surface area contributed by atoms with Gasteiger partial charge < -0.3 is 0 Å². The smallest absolute Gasteiger partial charge is 0.243 e. The second kappa shape index (κ2) is 6.48. The monoisotopic (exact) mass is 315 g/mol. The molecule has 0 saturated heterocycles. The van der Waals surface area contributed by atoms with E-state index < -0.39 is 10.0 Å². The Morgan fingerprint density at radius 3 is 2.24 bits per heavy atom. The van der Waals surface area contributed by atoms with Crippen LogP contribution in [-0.2, 0) is 15.4 Å². The lowest BCUT2D eigenvalue weighted by Crippen LogP contribution is -2.28. The molecule has 6 heteroatoms. The van der Waals surface area contributed by atoms with Gasteiger partial charge in [-0.3, -0.25) is 4.68 Å². The van der Waals surface area contributed by atoms with Gasteiger partial charge in [0.05, 0.1) is 5.69 Å². The van der Waals surface area contributed by atoms with Crippen molar-refractivity contribution in [1.82, 2.24) is 14.5 Å². The fourth-order valence-corrected chi connectivity index (χ4v) is 3.31. The van der Waals surface area contributed by atoms with E-state index in [-0.39, 0.29) is 11.5 Å². The Labute approximate surface area is 129 Å². The van der Waals surface area contributed by atoms with Crippen LogP contribution in [0.15, 0.2) is 11.1 Å². The predicted molar refractivity (Wildman–Crippen MR) is 86.0 cm³/mol. The van der Waals surface area contributed by atoms with Crippen LogP contribution in [-0.4, -0.2) is 24.7 Å². The molecule has 0 fully saturated rings. The highest BCUT2D eigenvalue weighted by Gasteiger charge is 2.30. The number of nitrogens with one attached hydrogen (secondary N) is 1. The molecule has 0 bridgehead atoms. The summed E-state index contributed by atoms with van der Waals surface area (Å²) >= 11 is 0. The van der Waals surface area contributed by atoms with Gasteiger partial charge in [0.25, 0.3) is 0 Å². The van der Waals surface area contributed by atoms with Gasteiger partial charge >= 0.3 is 0 Å². The minimum Gasteiger partial charge on any atom is -0.269 e. The molecular weight excluding hydrogens is 286 g/mol. The molecule has 0 aliphatic heterocycles. The maximum Gasteiger partial charge on any atom is 0.243 e. The van der Waals surface area contributed by atoms with Crippen LogP contribution in [0.5, 0.6) is 0 Å². The van der Waals surface area contributed by atoms with Crippen molar-refractivity contribution in [3.63, 3.8) is 0 Å². The molecule has 1 heterocycles. The summed E-state index contributed by atoms with van der Waals surface area (Å²) in [5.41, 5.74) is 0.302. The van der Waals surface area contributed by atoms with E-state index >= 15 is 0 Å². The van der Waals surface area contributed by atoms with Crippen molar-refractivity contribution < 1.29 is 8.42 Å². The van der Waals surface area contributed by atoms with E-state index in [4.69, 9.17) is 0 Å². The summed E-state index contributed by atoms with van der Waals surface area (Å²) in [5.74, 6) is 0.466. The molecule has 0 saturated carbocycles. The highest BCUT2D eigenvalue weighted by Crippen LogP contribution is 2.28. The molecule has 21 heavy (non-hydrogen) atoms. The van der Waals surface area contributed by atoms with Crippen LogP contribution in [0, 0.1) is 5.92 Å². The molecule has 1 aromatic rings. The lowest BCUT2D eigenvalue weighted by molar-refractivity contribution is 0.493. The fraction of sp³-hybridized carbons (Fsp3) is 0.800. The van der Waals surface area contributed by atoms with Gasteiger partial charge in [0.15, 0.2) is 0 Å². The van der Waals surface area contributed by atoms with E-state index in [9.17, 15) is 8.42 Å². The zero-order valence-electron chi connectivity index (χ0n) is 14.3. The molecule has 0 aliphatic carbocycles. The summed E-state index contributed by atoms with van der Waals surface area (Å²) in [6.07, 6.45) is 2.46. The van der Waals surface area contributed by atoms with E-state index in [0.29, 0.717) is 23.1 Å². The van der Waals surface area contributed by atoms with Crippen LogP contribution in [0.4, 0.5) is 0 Å². The van der Waals surface area contributed by atoms with Gasteiger partial charge in [0.2, 0.25) is 10.0 Å². The van der Waals surface area contributed by atoms with Gasteiger partial charge in [-0.25, -0.2) is 13.1 Å². The number of hydrogen-bond acceptors (Lipinski definition) is 3. The van der Waals surface area contributed by atoms with E-state index in [1.165, 1.54) is 0 Å². The van der Waals surface area contributed by atoms with Crippen molar-refractivity contribution in [2.24, 2.45) is 5.92 Å². The Morgan fingerprint density at radius 1 is 1.24 bits per heavy atom. The number of aromatic nitrogens is 2. The van der Waals surface area contributed by atoms with Crippen molar-refractivity contribution in [2.45, 2.75) is 71.2 Å². The molecule has 0 aliphatic rings. The normalized spacial score (nSPS) is 13.4. The zero-order valence-corrected chi connectivity index (χ0v) is 15.1. The second-order valence-electron chi connectivity index (χ2n) is 7.25. The summed E-state index contributed by atoms with van der Waals surface area (Å²) in [6.45, 7) is 14.5. The first-order chi connectivity index (χ1) is 9.45. The molecule has 1 rings (SSSR count). The second-order valence-corrected chi connectivity index (χ2v) is 8.98. The van der Waals surface area contributed by atoms with Gasteiger partial charge in [-0.1, -0.05) is 34.6 Å². The maximum atomic E-state index is 12.6. The summed E-state index contributed by atoms with van der Waals surface area (Å²) in [4.78, 5) is 0.299. The molecular formula is C15H29N3O2S. The van der Waals surface area contributed by atoms with Crippen LogP contribution in [0.25, 0.3) is 0 Å². The third kappa shape index (κ3) is 4.81. The third-order valence-electron chi connectivity index (χ3n) is 3.24. The number of nitrogens with zero attached hydrogens (tertiary/aromatic N) is 2. The standard InChI is InChI=1S/C15H29N3O2S/c1-11(2)8-9-16-21(19,20)13-10-18(12(3)4)17-14(13)15(5,6)7/h10-12,16H,8-9H2,1-7H3. The predicted octanol–water partition coefficient (Wildman–Crippen LogP) is 3.09. The summed E-state index contributed by atoms with van der Waals surface area (Å²) in [6, 6.07) is 0.130. The Morgan fingerprint density at radius 2 is 1.81 bits per heavy atom. The molecule has 5 nitrogen and oxygen atoms in total. The average molecular weight is 315 g/mol. The highest BCUT2D eigenvalue weighted by molar-refractivity contribution is 7.89. The lowest BCUT2D eigenvalue weighted by Gasteiger charge is -2.18. The van der Waals surface area contributed by atoms with Gasteiger partial charge in [-0.15, -0.1) is 0 Å². The average Bonchev–Trinajstić information content (AvgIpc) is 2.72. The van der Waals surface area contributed by atoms with E-state index in [1.54, 1.807) is 10.9 Å². The van der Waals surface area contributed by atoms with Crippen molar-refractivity contribution in [1.29, 1.82) is 0 Å². The first-order valence-corrected chi connectivity index (χ1v) is 9.02. The quantitative estimate of drug-likeness (QED) is 0.877. The number of hydrogen-bond donors (Lipinski definition) is 1. The summed E-state index contributed by atoms with van der Waals surface area (Å²) in [5, 5.41) is 4.49. The van der Waals surface area contributed by atoms with Gasteiger partial charge in [0, 0.05) is 24.2 Å². The van der Waals surface area contributed by atoms with E-state index in [0.717, 1.165) is 6.42 Å². The van der Waals surface area contributed by atoms with Crippen LogP contribution in [0.3, 0.4) is 0 Å². The number of rotatable bonds is 6. The van der Waals surface area contributed by atoms with Gasteiger partial charge in [0.1, 0.15) is 4.90 Å². The molecule has 0 amide bonds. The van der Waals surface area contributed by atoms with Crippen LogP contribution < -0.4 is 4.72 Å². The largest absolute Gasteiger partial charge is 0.269 e. The Kier molecular flexibility index (Phi) is 5.61. The Hall–Kier alpha value is -0.880. The molecule has 0 spiro atoms. The first kappa shape index (κ1) is 18.2.